The van der Waals surface area contributed by atoms with Gasteiger partial charge in [-0.1, -0.05) is 12.1 Å². The molecule has 0 radical (unpaired) electrons. The lowest BCUT2D eigenvalue weighted by atomic mass is 10.3. The smallest absolute Gasteiger partial charge is 0.204 e. The summed E-state index contributed by atoms with van der Waals surface area (Å²) in [5.41, 5.74) is 5.28. The number of thiazole rings is 1. The van der Waals surface area contributed by atoms with E-state index in [9.17, 15) is 0 Å². The number of carbonyl (C=O) groups is 1. The highest BCUT2D eigenvalue weighted by atomic mass is 32.1. The Kier molecular flexibility index (Phi) is 3.40. The third-order valence-electron chi connectivity index (χ3n) is 1.40. The lowest BCUT2D eigenvalue weighted by Crippen LogP contribution is -1.82. The highest BCUT2D eigenvalue weighted by Crippen LogP contribution is 2.19. The average molecular weight is 194 g/mol. The molecule has 0 aliphatic carbocycles. The number of primary amides is 1. The van der Waals surface area contributed by atoms with Crippen LogP contribution in [0.4, 0.5) is 0 Å². The number of nitrogens with zero attached hydrogens (tertiary/aromatic N) is 1. The number of rotatable bonds is 0. The van der Waals surface area contributed by atoms with Gasteiger partial charge in [0.05, 0.1) is 15.2 Å². The normalized spacial score (nSPS) is 9.00. The van der Waals surface area contributed by atoms with Crippen molar-refractivity contribution in [1.82, 2.24) is 4.98 Å². The van der Waals surface area contributed by atoms with Crippen molar-refractivity contribution in [2.24, 2.45) is 5.73 Å². The van der Waals surface area contributed by atoms with Crippen LogP contribution in [0.15, 0.2) is 24.3 Å². The molecule has 2 N–H and O–H groups in total. The van der Waals surface area contributed by atoms with Gasteiger partial charge in [-0.05, 0) is 19.1 Å². The third kappa shape index (κ3) is 2.52. The van der Waals surface area contributed by atoms with Crippen molar-refractivity contribution in [3.63, 3.8) is 0 Å². The number of nitrogens with two attached hydrogens (primary N) is 1. The van der Waals surface area contributed by atoms with Crippen LogP contribution in [-0.4, -0.2) is 11.4 Å². The first-order chi connectivity index (χ1) is 6.27. The van der Waals surface area contributed by atoms with E-state index in [4.69, 9.17) is 4.79 Å². The largest absolute Gasteiger partial charge is 0.372 e. The lowest BCUT2D eigenvalue weighted by Gasteiger charge is -1.80. The molecule has 0 unspecified atom stereocenters. The van der Waals surface area contributed by atoms with Gasteiger partial charge in [-0.25, -0.2) is 4.98 Å². The van der Waals surface area contributed by atoms with Crippen molar-refractivity contribution in [1.29, 1.82) is 0 Å². The Hall–Kier alpha value is -1.42. The standard InChI is InChI=1S/C8H7NS.CH3NO/c1-6-9-7-4-2-3-5-8(7)10-6;2-1-3/h2-5H,1H3;1H,(H2,2,3). The lowest BCUT2D eigenvalue weighted by molar-refractivity contribution is -0.106. The van der Waals surface area contributed by atoms with Crippen molar-refractivity contribution in [3.8, 4) is 0 Å². The Labute approximate surface area is 80.2 Å². The van der Waals surface area contributed by atoms with E-state index < -0.39 is 0 Å². The Morgan fingerprint density at radius 3 is 2.69 bits per heavy atom. The summed E-state index contributed by atoms with van der Waals surface area (Å²) >= 11 is 1.74. The fourth-order valence-corrected chi connectivity index (χ4v) is 1.81. The molecule has 0 spiro atoms. The molecule has 1 amide bonds. The zero-order valence-electron chi connectivity index (χ0n) is 7.23. The van der Waals surface area contributed by atoms with Crippen LogP contribution in [0.25, 0.3) is 10.2 Å². The quantitative estimate of drug-likeness (QED) is 0.649. The van der Waals surface area contributed by atoms with E-state index in [0.717, 1.165) is 10.5 Å². The predicted molar refractivity (Wildman–Crippen MR) is 54.6 cm³/mol. The predicted octanol–water partition coefficient (Wildman–Crippen LogP) is 1.71. The molecule has 0 aliphatic rings. The fourth-order valence-electron chi connectivity index (χ4n) is 0.987. The van der Waals surface area contributed by atoms with Crippen LogP contribution in [0, 0.1) is 6.92 Å². The number of aromatic nitrogens is 1. The summed E-state index contributed by atoms with van der Waals surface area (Å²) in [6.07, 6.45) is 0.250. The van der Waals surface area contributed by atoms with Crippen LogP contribution in [0.2, 0.25) is 0 Å². The van der Waals surface area contributed by atoms with E-state index in [0.29, 0.717) is 0 Å². The molecule has 2 aromatic rings. The maximum atomic E-state index is 8.58. The average Bonchev–Trinajstić information content (AvgIpc) is 2.45. The number of hydrogen-bond donors (Lipinski definition) is 1. The first-order valence-corrected chi connectivity index (χ1v) is 4.57. The van der Waals surface area contributed by atoms with Gasteiger partial charge < -0.3 is 5.73 Å². The van der Waals surface area contributed by atoms with E-state index in [1.54, 1.807) is 11.3 Å². The molecule has 0 saturated heterocycles. The van der Waals surface area contributed by atoms with Crippen molar-refractivity contribution >= 4 is 28.0 Å². The second kappa shape index (κ2) is 4.57. The molecular weight excluding hydrogens is 184 g/mol. The van der Waals surface area contributed by atoms with Crippen LogP contribution in [-0.2, 0) is 4.79 Å². The van der Waals surface area contributed by atoms with Gasteiger partial charge in [0.2, 0.25) is 6.41 Å². The van der Waals surface area contributed by atoms with Gasteiger partial charge in [-0.2, -0.15) is 0 Å². The molecule has 0 fully saturated rings. The Balaban J connectivity index is 0.000000251. The third-order valence-corrected chi connectivity index (χ3v) is 2.35. The summed E-state index contributed by atoms with van der Waals surface area (Å²) in [7, 11) is 0. The molecule has 2 rings (SSSR count). The number of amides is 1. The molecule has 0 bridgehead atoms. The first-order valence-electron chi connectivity index (χ1n) is 3.75. The minimum absolute atomic E-state index is 0.250. The first kappa shape index (κ1) is 9.67. The summed E-state index contributed by atoms with van der Waals surface area (Å²) in [4.78, 5) is 12.9. The van der Waals surface area contributed by atoms with Gasteiger partial charge in [-0.15, -0.1) is 11.3 Å². The molecule has 0 saturated carbocycles. The molecule has 0 aliphatic heterocycles. The maximum absolute atomic E-state index is 8.58. The molecule has 4 heteroatoms. The molecular formula is C9H10N2OS. The van der Waals surface area contributed by atoms with Crippen LogP contribution >= 0.6 is 11.3 Å². The van der Waals surface area contributed by atoms with Crippen molar-refractivity contribution in [2.45, 2.75) is 6.92 Å². The van der Waals surface area contributed by atoms with E-state index >= 15 is 0 Å². The number of carbonyl (C=O) groups excluding carboxylic acids is 1. The Morgan fingerprint density at radius 1 is 1.46 bits per heavy atom. The minimum Gasteiger partial charge on any atom is -0.372 e. The van der Waals surface area contributed by atoms with Gasteiger partial charge in [0.25, 0.3) is 0 Å². The van der Waals surface area contributed by atoms with Crippen molar-refractivity contribution < 1.29 is 4.79 Å². The summed E-state index contributed by atoms with van der Waals surface area (Å²) in [5.74, 6) is 0. The van der Waals surface area contributed by atoms with Gasteiger partial charge in [0, 0.05) is 0 Å². The molecule has 13 heavy (non-hydrogen) atoms. The van der Waals surface area contributed by atoms with Crippen molar-refractivity contribution in [3.05, 3.63) is 29.3 Å². The number of para-hydroxylation sites is 1. The number of fused-ring (bicyclic) bond motifs is 1. The Morgan fingerprint density at radius 2 is 2.08 bits per heavy atom. The van der Waals surface area contributed by atoms with Crippen LogP contribution in [0.3, 0.4) is 0 Å². The summed E-state index contributed by atoms with van der Waals surface area (Å²) < 4.78 is 1.28. The summed E-state index contributed by atoms with van der Waals surface area (Å²) in [5, 5.41) is 1.14. The zero-order chi connectivity index (χ0) is 9.68. The maximum Gasteiger partial charge on any atom is 0.204 e. The fraction of sp³-hybridized carbons (Fsp3) is 0.111. The van der Waals surface area contributed by atoms with Gasteiger partial charge >= 0.3 is 0 Å². The van der Waals surface area contributed by atoms with Crippen LogP contribution in [0.1, 0.15) is 5.01 Å². The number of hydrogen-bond acceptors (Lipinski definition) is 3. The highest BCUT2D eigenvalue weighted by Gasteiger charge is 1.95. The van der Waals surface area contributed by atoms with E-state index in [2.05, 4.69) is 16.8 Å². The summed E-state index contributed by atoms with van der Waals surface area (Å²) in [6.45, 7) is 2.03. The van der Waals surface area contributed by atoms with E-state index in [1.807, 2.05) is 25.1 Å². The highest BCUT2D eigenvalue weighted by molar-refractivity contribution is 7.18. The molecule has 1 aromatic heterocycles. The Bertz CT molecular complexity index is 364. The van der Waals surface area contributed by atoms with Gasteiger partial charge in [0.1, 0.15) is 0 Å². The van der Waals surface area contributed by atoms with E-state index in [-0.39, 0.29) is 6.41 Å². The molecule has 1 aromatic carbocycles. The second-order valence-electron chi connectivity index (χ2n) is 2.34. The van der Waals surface area contributed by atoms with Crippen molar-refractivity contribution in [2.75, 3.05) is 0 Å². The zero-order valence-corrected chi connectivity index (χ0v) is 8.04. The number of benzene rings is 1. The van der Waals surface area contributed by atoms with Gasteiger partial charge in [0.15, 0.2) is 0 Å². The topological polar surface area (TPSA) is 56.0 Å². The number of aryl methyl sites for hydroxylation is 1. The molecule has 0 atom stereocenters. The molecule has 3 nitrogen and oxygen atoms in total. The van der Waals surface area contributed by atoms with Crippen LogP contribution in [0.5, 0.6) is 0 Å². The summed E-state index contributed by atoms with van der Waals surface area (Å²) in [6, 6.07) is 8.19. The minimum atomic E-state index is 0.250. The molecule has 68 valence electrons. The van der Waals surface area contributed by atoms with Gasteiger partial charge in [-0.3, -0.25) is 4.79 Å². The second-order valence-corrected chi connectivity index (χ2v) is 3.57. The SMILES string of the molecule is Cc1nc2ccccc2s1.NC=O. The monoisotopic (exact) mass is 194 g/mol. The van der Waals surface area contributed by atoms with E-state index in [1.165, 1.54) is 4.70 Å². The molecule has 1 heterocycles. The van der Waals surface area contributed by atoms with Crippen LogP contribution < -0.4 is 5.73 Å².